The molecule has 1 fully saturated rings. The van der Waals surface area contributed by atoms with Crippen molar-refractivity contribution in [3.63, 3.8) is 0 Å². The lowest BCUT2D eigenvalue weighted by molar-refractivity contribution is 0.0380. The first kappa shape index (κ1) is 24.5. The molecular weight excluding hydrogens is 375 g/mol. The van der Waals surface area contributed by atoms with Gasteiger partial charge in [-0.05, 0) is 48.4 Å². The average molecular weight is 415 g/mol. The van der Waals surface area contributed by atoms with Gasteiger partial charge >= 0.3 is 0 Å². The van der Waals surface area contributed by atoms with Gasteiger partial charge in [0.05, 0.1) is 6.61 Å². The summed E-state index contributed by atoms with van der Waals surface area (Å²) in [5.41, 5.74) is 1.67. The Morgan fingerprint density at radius 1 is 1.15 bits per heavy atom. The highest BCUT2D eigenvalue weighted by Crippen LogP contribution is 2.53. The van der Waals surface area contributed by atoms with E-state index < -0.39 is 7.22 Å². The smallest absolute Gasteiger partial charge is 0.177 e. The van der Waals surface area contributed by atoms with Crippen molar-refractivity contribution in [3.05, 3.63) is 35.2 Å². The van der Waals surface area contributed by atoms with Crippen LogP contribution in [0.5, 0.6) is 0 Å². The Morgan fingerprint density at radius 2 is 1.67 bits per heavy atom. The Bertz CT molecular complexity index is 513. The molecular formula is C22H39FO2SSi. The van der Waals surface area contributed by atoms with Gasteiger partial charge in [-0.1, -0.05) is 54.2 Å². The maximum atomic E-state index is 15.4. The minimum absolute atomic E-state index is 0.261. The van der Waals surface area contributed by atoms with Crippen molar-refractivity contribution in [2.45, 2.75) is 77.9 Å². The van der Waals surface area contributed by atoms with E-state index in [4.69, 9.17) is 9.47 Å². The lowest BCUT2D eigenvalue weighted by atomic mass is 10.0. The molecule has 0 bridgehead atoms. The molecule has 1 aliphatic heterocycles. The van der Waals surface area contributed by atoms with Crippen molar-refractivity contribution in [1.29, 1.82) is 0 Å². The van der Waals surface area contributed by atoms with Crippen molar-refractivity contribution in [1.82, 2.24) is 0 Å². The van der Waals surface area contributed by atoms with Gasteiger partial charge in [-0.3, -0.25) is 0 Å². The number of ether oxygens (including phenoxy) is 2. The third-order valence-electron chi connectivity index (χ3n) is 5.69. The average Bonchev–Trinajstić information content (AvgIpc) is 2.63. The van der Waals surface area contributed by atoms with Gasteiger partial charge in [-0.15, -0.1) is 11.2 Å². The summed E-state index contributed by atoms with van der Waals surface area (Å²) in [6.07, 6.45) is 5.36. The van der Waals surface area contributed by atoms with Crippen LogP contribution >= 0.6 is 11.2 Å². The van der Waals surface area contributed by atoms with E-state index in [9.17, 15) is 0 Å². The van der Waals surface area contributed by atoms with E-state index in [1.165, 1.54) is 6.08 Å². The molecule has 2 nitrogen and oxygen atoms in total. The Kier molecular flexibility index (Phi) is 10.4. The van der Waals surface area contributed by atoms with Gasteiger partial charge in [0.2, 0.25) is 0 Å². The standard InChI is InChI=1S/C22H39FO2SSi/c1-9-20(25-15-19-11-13-24-14-12-19)22(23)21(10-2)26-27(16(3)4,17(5)6)18(7)8/h9-10,16-19H,1,11-15H2,2-8H3. The van der Waals surface area contributed by atoms with E-state index in [2.05, 4.69) is 48.1 Å². The first-order valence-corrected chi connectivity index (χ1v) is 14.1. The number of allylic oxidation sites excluding steroid dienone is 3. The second-order valence-corrected chi connectivity index (χ2v) is 16.9. The first-order valence-electron chi connectivity index (χ1n) is 10.3. The molecule has 156 valence electrons. The molecule has 27 heavy (non-hydrogen) atoms. The second kappa shape index (κ2) is 11.5. The summed E-state index contributed by atoms with van der Waals surface area (Å²) in [7, 11) is -1.82. The van der Waals surface area contributed by atoms with Gasteiger partial charge in [-0.25, -0.2) is 4.39 Å². The molecule has 0 aromatic heterocycles. The zero-order valence-corrected chi connectivity index (χ0v) is 20.1. The molecule has 1 saturated heterocycles. The topological polar surface area (TPSA) is 18.5 Å². The summed E-state index contributed by atoms with van der Waals surface area (Å²) in [4.78, 5) is 0.708. The van der Waals surface area contributed by atoms with Gasteiger partial charge in [-0.2, -0.15) is 0 Å². The highest BCUT2D eigenvalue weighted by Gasteiger charge is 2.45. The summed E-state index contributed by atoms with van der Waals surface area (Å²) in [5.74, 6) is 0.448. The van der Waals surface area contributed by atoms with Gasteiger partial charge in [0.1, 0.15) is 7.22 Å². The highest BCUT2D eigenvalue weighted by molar-refractivity contribution is 8.32. The van der Waals surface area contributed by atoms with E-state index in [-0.39, 0.29) is 11.6 Å². The van der Waals surface area contributed by atoms with Crippen molar-refractivity contribution >= 4 is 18.4 Å². The maximum absolute atomic E-state index is 15.4. The molecule has 0 amide bonds. The molecule has 1 heterocycles. The van der Waals surface area contributed by atoms with Crippen molar-refractivity contribution in [3.8, 4) is 0 Å². The van der Waals surface area contributed by atoms with Crippen LogP contribution in [0.2, 0.25) is 16.6 Å². The first-order chi connectivity index (χ1) is 12.7. The number of halogens is 1. The Balaban J connectivity index is 3.04. The van der Waals surface area contributed by atoms with E-state index in [0.29, 0.717) is 34.1 Å². The van der Waals surface area contributed by atoms with Crippen molar-refractivity contribution in [2.75, 3.05) is 19.8 Å². The second-order valence-electron chi connectivity index (χ2n) is 8.32. The van der Waals surface area contributed by atoms with Crippen molar-refractivity contribution < 1.29 is 13.9 Å². The lowest BCUT2D eigenvalue weighted by Gasteiger charge is -2.42. The fourth-order valence-corrected chi connectivity index (χ4v) is 13.5. The summed E-state index contributed by atoms with van der Waals surface area (Å²) in [6.45, 7) is 21.6. The third kappa shape index (κ3) is 6.23. The fourth-order valence-electron chi connectivity index (χ4n) is 4.23. The van der Waals surface area contributed by atoms with E-state index in [1.54, 1.807) is 11.2 Å². The molecule has 1 rings (SSSR count). The maximum Gasteiger partial charge on any atom is 0.177 e. The molecule has 1 aliphatic rings. The van der Waals surface area contributed by atoms with Gasteiger partial charge < -0.3 is 9.47 Å². The van der Waals surface area contributed by atoms with Crippen LogP contribution in [-0.4, -0.2) is 27.0 Å². The van der Waals surface area contributed by atoms with Gasteiger partial charge in [0.25, 0.3) is 0 Å². The largest absolute Gasteiger partial charge is 0.490 e. The van der Waals surface area contributed by atoms with Gasteiger partial charge in [0, 0.05) is 18.1 Å². The van der Waals surface area contributed by atoms with Crippen LogP contribution in [0.4, 0.5) is 4.39 Å². The quantitative estimate of drug-likeness (QED) is 0.208. The number of hydrogen-bond acceptors (Lipinski definition) is 3. The molecule has 0 N–H and O–H groups in total. The van der Waals surface area contributed by atoms with Crippen LogP contribution in [-0.2, 0) is 9.47 Å². The zero-order chi connectivity index (χ0) is 20.6. The Hall–Kier alpha value is -0.523. The SMILES string of the molecule is C=CC(OCC1CCOCC1)=C(F)C(=CC)S[Si](C(C)C)(C(C)C)C(C)C. The van der Waals surface area contributed by atoms with Crippen LogP contribution < -0.4 is 0 Å². The predicted molar refractivity (Wildman–Crippen MR) is 120 cm³/mol. The zero-order valence-electron chi connectivity index (χ0n) is 18.3. The molecule has 0 aromatic carbocycles. The lowest BCUT2D eigenvalue weighted by Crippen LogP contribution is -2.41. The normalized spacial score (nSPS) is 18.3. The van der Waals surface area contributed by atoms with E-state index in [0.717, 1.165) is 26.1 Å². The van der Waals surface area contributed by atoms with E-state index >= 15 is 4.39 Å². The molecule has 0 spiro atoms. The number of hydrogen-bond donors (Lipinski definition) is 0. The van der Waals surface area contributed by atoms with Gasteiger partial charge in [0.15, 0.2) is 11.6 Å². The molecule has 0 radical (unpaired) electrons. The third-order valence-corrected chi connectivity index (χ3v) is 18.1. The van der Waals surface area contributed by atoms with Crippen LogP contribution in [0.3, 0.4) is 0 Å². The molecule has 5 heteroatoms. The minimum Gasteiger partial charge on any atom is -0.490 e. The summed E-state index contributed by atoms with van der Waals surface area (Å²) in [5, 5.41) is 0. The van der Waals surface area contributed by atoms with Crippen LogP contribution in [0.1, 0.15) is 61.3 Å². The highest BCUT2D eigenvalue weighted by atomic mass is 32.4. The molecule has 0 unspecified atom stereocenters. The molecule has 0 aliphatic carbocycles. The minimum atomic E-state index is -1.82. The van der Waals surface area contributed by atoms with E-state index in [1.807, 2.05) is 13.0 Å². The van der Waals surface area contributed by atoms with Crippen LogP contribution in [0.25, 0.3) is 0 Å². The van der Waals surface area contributed by atoms with Crippen LogP contribution in [0.15, 0.2) is 35.2 Å². The molecule has 0 saturated carbocycles. The fraction of sp³-hybridized carbons (Fsp3) is 0.727. The summed E-state index contributed by atoms with van der Waals surface area (Å²) < 4.78 is 26.7. The predicted octanol–water partition coefficient (Wildman–Crippen LogP) is 7.61. The molecule has 0 atom stereocenters. The van der Waals surface area contributed by atoms with Crippen LogP contribution in [0, 0.1) is 5.92 Å². The molecule has 0 aromatic rings. The van der Waals surface area contributed by atoms with Crippen molar-refractivity contribution in [2.24, 2.45) is 5.92 Å². The summed E-state index contributed by atoms with van der Waals surface area (Å²) >= 11 is 1.79. The monoisotopic (exact) mass is 414 g/mol. The summed E-state index contributed by atoms with van der Waals surface area (Å²) in [6, 6.07) is 0. The Labute approximate surface area is 171 Å². The number of rotatable bonds is 10. The Morgan fingerprint density at radius 3 is 2.07 bits per heavy atom.